The number of nitrogens with one attached hydrogen (secondary N) is 1. The first kappa shape index (κ1) is 25.9. The van der Waals surface area contributed by atoms with Crippen LogP contribution in [0.15, 0.2) is 66.2 Å². The number of ether oxygens (including phenoxy) is 2. The third-order valence-electron chi connectivity index (χ3n) is 5.62. The summed E-state index contributed by atoms with van der Waals surface area (Å²) in [7, 11) is 0. The number of rotatable bonds is 8. The van der Waals surface area contributed by atoms with Crippen LogP contribution in [0.2, 0.25) is 5.02 Å². The molecule has 0 atom stereocenters. The molecular weight excluding hydrogens is 499 g/mol. The van der Waals surface area contributed by atoms with E-state index in [1.54, 1.807) is 61.5 Å². The summed E-state index contributed by atoms with van der Waals surface area (Å²) in [5.74, 6) is -1.01. The molecule has 1 N–H and O–H groups in total. The Morgan fingerprint density at radius 3 is 2.35 bits per heavy atom. The molecule has 0 saturated carbocycles. The van der Waals surface area contributed by atoms with E-state index in [4.69, 9.17) is 21.1 Å². The summed E-state index contributed by atoms with van der Waals surface area (Å²) in [5.41, 5.74) is 1.45. The van der Waals surface area contributed by atoms with Gasteiger partial charge in [0.1, 0.15) is 22.9 Å². The van der Waals surface area contributed by atoms with Gasteiger partial charge in [-0.25, -0.2) is 14.1 Å². The van der Waals surface area contributed by atoms with Gasteiger partial charge in [-0.05, 0) is 73.5 Å². The minimum Gasteiger partial charge on any atom is -0.494 e. The van der Waals surface area contributed by atoms with Crippen molar-refractivity contribution in [2.24, 2.45) is 0 Å². The molecule has 1 aliphatic rings. The molecule has 3 aromatic rings. The molecule has 0 unspecified atom stereocenters. The zero-order valence-corrected chi connectivity index (χ0v) is 21.0. The molecule has 7 nitrogen and oxygen atoms in total. The second-order valence-electron chi connectivity index (χ2n) is 8.07. The van der Waals surface area contributed by atoms with E-state index in [0.717, 1.165) is 4.90 Å². The topological polar surface area (TPSA) is 84.9 Å². The fourth-order valence-electron chi connectivity index (χ4n) is 3.92. The predicted molar refractivity (Wildman–Crippen MR) is 138 cm³/mol. The molecule has 1 aliphatic heterocycles. The zero-order chi connectivity index (χ0) is 26.5. The highest BCUT2D eigenvalue weighted by Crippen LogP contribution is 2.33. The summed E-state index contributed by atoms with van der Waals surface area (Å²) in [6.07, 6.45) is 1.53. The van der Waals surface area contributed by atoms with Crippen molar-refractivity contribution in [3.63, 3.8) is 0 Å². The number of carbonyl (C=O) groups excluding carboxylic acids is 3. The second kappa shape index (κ2) is 11.3. The summed E-state index contributed by atoms with van der Waals surface area (Å²) < 4.78 is 25.4. The number of benzene rings is 3. The maximum Gasteiger partial charge on any atom is 0.335 e. The number of hydrogen-bond acceptors (Lipinski definition) is 5. The molecule has 9 heteroatoms. The third kappa shape index (κ3) is 5.65. The lowest BCUT2D eigenvalue weighted by atomic mass is 10.00. The number of amides is 4. The molecule has 0 spiro atoms. The van der Waals surface area contributed by atoms with Crippen LogP contribution in [0.5, 0.6) is 11.5 Å². The highest BCUT2D eigenvalue weighted by molar-refractivity contribution is 6.39. The van der Waals surface area contributed by atoms with Gasteiger partial charge in [0.05, 0.1) is 18.9 Å². The molecule has 4 amide bonds. The number of anilines is 1. The van der Waals surface area contributed by atoms with Crippen LogP contribution in [0.1, 0.15) is 30.5 Å². The largest absolute Gasteiger partial charge is 0.494 e. The Morgan fingerprint density at radius 2 is 1.68 bits per heavy atom. The van der Waals surface area contributed by atoms with Crippen molar-refractivity contribution >= 4 is 41.2 Å². The van der Waals surface area contributed by atoms with Crippen LogP contribution in [-0.2, 0) is 16.0 Å². The summed E-state index contributed by atoms with van der Waals surface area (Å²) in [5, 5.41) is 2.48. The Hall–Kier alpha value is -4.17. The van der Waals surface area contributed by atoms with Gasteiger partial charge in [0, 0.05) is 17.0 Å². The molecule has 0 radical (unpaired) electrons. The van der Waals surface area contributed by atoms with Gasteiger partial charge in [-0.1, -0.05) is 29.8 Å². The van der Waals surface area contributed by atoms with Crippen LogP contribution < -0.4 is 19.7 Å². The first-order valence-electron chi connectivity index (χ1n) is 11.6. The van der Waals surface area contributed by atoms with Gasteiger partial charge in [-0.3, -0.25) is 14.9 Å². The highest BCUT2D eigenvalue weighted by atomic mass is 35.5. The Kier molecular flexibility index (Phi) is 7.89. The van der Waals surface area contributed by atoms with Crippen molar-refractivity contribution in [2.45, 2.75) is 20.3 Å². The van der Waals surface area contributed by atoms with Gasteiger partial charge in [-0.15, -0.1) is 0 Å². The SMILES string of the molecule is CCOc1ccc(N2C(=O)NC(=O)/C(=C\c3cc(Cl)c(Cc4ccccc4F)c(OCC)c3)C2=O)cc1. The smallest absolute Gasteiger partial charge is 0.335 e. The standard InChI is InChI=1S/C28H24ClFN2O5/c1-3-36-20-11-9-19(10-12-20)32-27(34)22(26(33)31-28(32)35)13-17-14-23(29)21(25(15-17)37-4-2)16-18-7-5-6-8-24(18)30/h5-15H,3-4,16H2,1-2H3,(H,31,33,35)/b22-13+. The number of barbiturate groups is 1. The second-order valence-corrected chi connectivity index (χ2v) is 8.47. The zero-order valence-electron chi connectivity index (χ0n) is 20.2. The van der Waals surface area contributed by atoms with E-state index in [1.165, 1.54) is 12.1 Å². The molecule has 0 bridgehead atoms. The normalized spacial score (nSPS) is 14.6. The van der Waals surface area contributed by atoms with Gasteiger partial charge in [-0.2, -0.15) is 0 Å². The molecule has 190 valence electrons. The Bertz CT molecular complexity index is 1390. The number of urea groups is 1. The number of imide groups is 2. The monoisotopic (exact) mass is 522 g/mol. The molecular formula is C28H24ClFN2O5. The van der Waals surface area contributed by atoms with E-state index in [1.807, 2.05) is 6.92 Å². The first-order valence-corrected chi connectivity index (χ1v) is 12.0. The fraction of sp³-hybridized carbons (Fsp3) is 0.179. The Labute approximate surface area is 218 Å². The highest BCUT2D eigenvalue weighted by Gasteiger charge is 2.37. The van der Waals surface area contributed by atoms with Crippen molar-refractivity contribution in [1.29, 1.82) is 0 Å². The maximum atomic E-state index is 14.3. The third-order valence-corrected chi connectivity index (χ3v) is 5.96. The molecule has 0 aliphatic carbocycles. The van der Waals surface area contributed by atoms with E-state index < -0.39 is 17.8 Å². The Morgan fingerprint density at radius 1 is 0.973 bits per heavy atom. The molecule has 4 rings (SSSR count). The summed E-state index contributed by atoms with van der Waals surface area (Å²) in [6, 6.07) is 15.1. The van der Waals surface area contributed by atoms with Crippen molar-refractivity contribution in [3.8, 4) is 11.5 Å². The lowest BCUT2D eigenvalue weighted by Crippen LogP contribution is -2.54. The first-order chi connectivity index (χ1) is 17.8. The van der Waals surface area contributed by atoms with Crippen molar-refractivity contribution in [1.82, 2.24) is 5.32 Å². The molecule has 0 aromatic heterocycles. The average Bonchev–Trinajstić information content (AvgIpc) is 2.86. The van der Waals surface area contributed by atoms with Crippen molar-refractivity contribution in [2.75, 3.05) is 18.1 Å². The van der Waals surface area contributed by atoms with Crippen LogP contribution in [0.4, 0.5) is 14.9 Å². The van der Waals surface area contributed by atoms with Crippen molar-refractivity contribution in [3.05, 3.63) is 93.8 Å². The lowest BCUT2D eigenvalue weighted by Gasteiger charge is -2.26. The van der Waals surface area contributed by atoms with Crippen LogP contribution in [-0.4, -0.2) is 31.1 Å². The molecule has 37 heavy (non-hydrogen) atoms. The summed E-state index contributed by atoms with van der Waals surface area (Å²) >= 11 is 6.56. The van der Waals surface area contributed by atoms with Crippen LogP contribution in [0.25, 0.3) is 6.08 Å². The maximum absolute atomic E-state index is 14.3. The van der Waals surface area contributed by atoms with Crippen molar-refractivity contribution < 1.29 is 28.2 Å². The van der Waals surface area contributed by atoms with Crippen LogP contribution in [0.3, 0.4) is 0 Å². The van der Waals surface area contributed by atoms with E-state index in [0.29, 0.717) is 41.4 Å². The number of nitrogens with zero attached hydrogens (tertiary/aromatic N) is 1. The number of carbonyl (C=O) groups is 3. The number of hydrogen-bond donors (Lipinski definition) is 1. The molecule has 1 fully saturated rings. The number of halogens is 2. The quantitative estimate of drug-likeness (QED) is 0.310. The van der Waals surface area contributed by atoms with Crippen LogP contribution >= 0.6 is 11.6 Å². The van der Waals surface area contributed by atoms with E-state index in [2.05, 4.69) is 5.32 Å². The molecule has 1 saturated heterocycles. The summed E-state index contributed by atoms with van der Waals surface area (Å²) in [6.45, 7) is 4.42. The molecule has 1 heterocycles. The van der Waals surface area contributed by atoms with E-state index >= 15 is 0 Å². The molecule has 3 aromatic carbocycles. The van der Waals surface area contributed by atoms with E-state index in [9.17, 15) is 18.8 Å². The minimum absolute atomic E-state index is 0.192. The van der Waals surface area contributed by atoms with Gasteiger partial charge in [0.25, 0.3) is 11.8 Å². The average molecular weight is 523 g/mol. The van der Waals surface area contributed by atoms with Gasteiger partial charge in [0.15, 0.2) is 0 Å². The van der Waals surface area contributed by atoms with E-state index in [-0.39, 0.29) is 28.5 Å². The lowest BCUT2D eigenvalue weighted by molar-refractivity contribution is -0.122. The fourth-order valence-corrected chi connectivity index (χ4v) is 4.21. The predicted octanol–water partition coefficient (Wildman–Crippen LogP) is 5.53. The van der Waals surface area contributed by atoms with Crippen LogP contribution in [0, 0.1) is 5.82 Å². The minimum atomic E-state index is -0.857. The van der Waals surface area contributed by atoms with Gasteiger partial charge in [0.2, 0.25) is 0 Å². The van der Waals surface area contributed by atoms with Gasteiger partial charge < -0.3 is 9.47 Å². The summed E-state index contributed by atoms with van der Waals surface area (Å²) in [4.78, 5) is 39.2. The van der Waals surface area contributed by atoms with Gasteiger partial charge >= 0.3 is 6.03 Å². The Balaban J connectivity index is 1.69.